The number of nitrogens with two attached hydrogens (primary N) is 1. The number of nitrogens with zero attached hydrogens (tertiary/aromatic N) is 2. The Hall–Kier alpha value is -2.05. The first-order valence-electron chi connectivity index (χ1n) is 6.54. The Kier molecular flexibility index (Phi) is 4.82. The third-order valence-electron chi connectivity index (χ3n) is 3.21. The molecule has 1 aromatic carbocycles. The second-order valence-electron chi connectivity index (χ2n) is 4.67. The van der Waals surface area contributed by atoms with E-state index < -0.39 is 0 Å². The van der Waals surface area contributed by atoms with E-state index in [2.05, 4.69) is 10.2 Å². The quantitative estimate of drug-likeness (QED) is 0.823. The van der Waals surface area contributed by atoms with Crippen LogP contribution in [0.5, 0.6) is 11.6 Å². The van der Waals surface area contributed by atoms with Crippen molar-refractivity contribution < 1.29 is 9.84 Å². The number of aromatic nitrogens is 2. The van der Waals surface area contributed by atoms with Crippen molar-refractivity contribution in [3.05, 3.63) is 46.6 Å². The number of rotatable bonds is 5. The molecule has 0 radical (unpaired) electrons. The highest BCUT2D eigenvalue weighted by molar-refractivity contribution is 7.80. The molecule has 5 nitrogen and oxygen atoms in total. The minimum absolute atomic E-state index is 0.119. The molecule has 6 heteroatoms. The zero-order valence-electron chi connectivity index (χ0n) is 12.0. The molecule has 0 fully saturated rings. The second-order valence-corrected chi connectivity index (χ2v) is 5.11. The Morgan fingerprint density at radius 2 is 1.90 bits per heavy atom. The van der Waals surface area contributed by atoms with Crippen molar-refractivity contribution in [3.63, 3.8) is 0 Å². The molecule has 0 amide bonds. The van der Waals surface area contributed by atoms with Gasteiger partial charge in [0.15, 0.2) is 0 Å². The number of hydrogen-bond donors (Lipinski definition) is 2. The van der Waals surface area contributed by atoms with Crippen LogP contribution >= 0.6 is 12.2 Å². The third-order valence-corrected chi connectivity index (χ3v) is 3.41. The number of ether oxygens (including phenoxy) is 1. The predicted molar refractivity (Wildman–Crippen MR) is 84.7 cm³/mol. The van der Waals surface area contributed by atoms with Crippen LogP contribution in [-0.4, -0.2) is 26.9 Å². The maximum absolute atomic E-state index is 8.90. The molecule has 2 rings (SSSR count). The molecule has 2 aromatic rings. The molecule has 0 saturated carbocycles. The summed E-state index contributed by atoms with van der Waals surface area (Å²) in [7, 11) is 0. The molecule has 0 aliphatic rings. The first kappa shape index (κ1) is 15.3. The molecular weight excluding hydrogens is 286 g/mol. The molecule has 0 bridgehead atoms. The van der Waals surface area contributed by atoms with Crippen molar-refractivity contribution in [1.82, 2.24) is 10.2 Å². The Bertz CT molecular complexity index is 657. The SMILES string of the molecule is Cc1nnc(Oc2ccc(CCO)cc2)c(C(N)=S)c1C. The summed E-state index contributed by atoms with van der Waals surface area (Å²) in [4.78, 5) is 0.234. The largest absolute Gasteiger partial charge is 0.437 e. The van der Waals surface area contributed by atoms with Crippen LogP contribution in [0.4, 0.5) is 0 Å². The van der Waals surface area contributed by atoms with Crippen LogP contribution in [0, 0.1) is 13.8 Å². The van der Waals surface area contributed by atoms with Gasteiger partial charge >= 0.3 is 0 Å². The van der Waals surface area contributed by atoms with E-state index >= 15 is 0 Å². The number of aliphatic hydroxyl groups excluding tert-OH is 1. The molecule has 21 heavy (non-hydrogen) atoms. The lowest BCUT2D eigenvalue weighted by atomic mass is 10.1. The third kappa shape index (κ3) is 3.53. The van der Waals surface area contributed by atoms with Gasteiger partial charge in [0.2, 0.25) is 5.88 Å². The summed E-state index contributed by atoms with van der Waals surface area (Å²) < 4.78 is 5.74. The van der Waals surface area contributed by atoms with Crippen LogP contribution in [0.1, 0.15) is 22.4 Å². The van der Waals surface area contributed by atoms with Crippen molar-refractivity contribution in [1.29, 1.82) is 0 Å². The molecule has 110 valence electrons. The van der Waals surface area contributed by atoms with Crippen molar-refractivity contribution in [3.8, 4) is 11.6 Å². The molecule has 3 N–H and O–H groups in total. The average molecular weight is 303 g/mol. The predicted octanol–water partition coefficient (Wildman–Crippen LogP) is 2.05. The van der Waals surface area contributed by atoms with E-state index in [0.29, 0.717) is 23.6 Å². The first-order chi connectivity index (χ1) is 10.0. The zero-order valence-corrected chi connectivity index (χ0v) is 12.8. The summed E-state index contributed by atoms with van der Waals surface area (Å²) in [5.41, 5.74) is 9.03. The number of benzene rings is 1. The van der Waals surface area contributed by atoms with E-state index in [4.69, 9.17) is 27.8 Å². The van der Waals surface area contributed by atoms with E-state index in [1.54, 1.807) is 0 Å². The van der Waals surface area contributed by atoms with Crippen LogP contribution in [0.15, 0.2) is 24.3 Å². The van der Waals surface area contributed by atoms with Crippen LogP contribution in [0.2, 0.25) is 0 Å². The van der Waals surface area contributed by atoms with E-state index in [1.807, 2.05) is 38.1 Å². The van der Waals surface area contributed by atoms with Gasteiger partial charge in [-0.3, -0.25) is 0 Å². The molecule has 0 aliphatic carbocycles. The minimum Gasteiger partial charge on any atom is -0.437 e. The van der Waals surface area contributed by atoms with E-state index in [-0.39, 0.29) is 11.6 Å². The van der Waals surface area contributed by atoms with Gasteiger partial charge in [-0.25, -0.2) is 0 Å². The van der Waals surface area contributed by atoms with Gasteiger partial charge in [-0.1, -0.05) is 24.4 Å². The maximum Gasteiger partial charge on any atom is 0.249 e. The summed E-state index contributed by atoms with van der Waals surface area (Å²) in [6, 6.07) is 7.40. The highest BCUT2D eigenvalue weighted by Crippen LogP contribution is 2.26. The Labute approximate surface area is 128 Å². The topological polar surface area (TPSA) is 81.3 Å². The summed E-state index contributed by atoms with van der Waals surface area (Å²) in [5.74, 6) is 0.923. The summed E-state index contributed by atoms with van der Waals surface area (Å²) in [6.45, 7) is 3.85. The van der Waals surface area contributed by atoms with E-state index in [9.17, 15) is 0 Å². The normalized spacial score (nSPS) is 10.4. The molecular formula is C15H17N3O2S. The average Bonchev–Trinajstić information content (AvgIpc) is 2.45. The molecule has 0 spiro atoms. The van der Waals surface area contributed by atoms with Gasteiger partial charge in [0.05, 0.1) is 11.3 Å². The van der Waals surface area contributed by atoms with Gasteiger partial charge < -0.3 is 15.6 Å². The van der Waals surface area contributed by atoms with Crippen molar-refractivity contribution in [2.75, 3.05) is 6.61 Å². The van der Waals surface area contributed by atoms with Crippen molar-refractivity contribution in [2.24, 2.45) is 5.73 Å². The van der Waals surface area contributed by atoms with Crippen LogP contribution in [0.25, 0.3) is 0 Å². The van der Waals surface area contributed by atoms with Gasteiger partial charge in [0, 0.05) is 6.61 Å². The fraction of sp³-hybridized carbons (Fsp3) is 0.267. The molecule has 0 saturated heterocycles. The lowest BCUT2D eigenvalue weighted by Gasteiger charge is -2.12. The molecule has 1 aromatic heterocycles. The Balaban J connectivity index is 2.31. The Morgan fingerprint density at radius 1 is 1.24 bits per heavy atom. The van der Waals surface area contributed by atoms with E-state index in [0.717, 1.165) is 16.8 Å². The number of hydrogen-bond acceptors (Lipinski definition) is 5. The smallest absolute Gasteiger partial charge is 0.249 e. The number of thiocarbonyl (C=S) groups is 1. The van der Waals surface area contributed by atoms with Gasteiger partial charge in [-0.05, 0) is 43.5 Å². The molecule has 0 unspecified atom stereocenters. The van der Waals surface area contributed by atoms with E-state index in [1.165, 1.54) is 0 Å². The van der Waals surface area contributed by atoms with Gasteiger partial charge in [0.1, 0.15) is 10.7 Å². The monoisotopic (exact) mass is 303 g/mol. The summed E-state index contributed by atoms with van der Waals surface area (Å²) in [5, 5.41) is 17.0. The number of aliphatic hydroxyl groups is 1. The minimum atomic E-state index is 0.119. The fourth-order valence-corrected chi connectivity index (χ4v) is 2.15. The molecule has 0 atom stereocenters. The molecule has 0 aliphatic heterocycles. The molecule has 1 heterocycles. The number of aryl methyl sites for hydroxylation is 1. The fourth-order valence-electron chi connectivity index (χ4n) is 1.91. The zero-order chi connectivity index (χ0) is 15.4. The first-order valence-corrected chi connectivity index (χ1v) is 6.95. The van der Waals surface area contributed by atoms with Gasteiger partial charge in [0.25, 0.3) is 0 Å². The summed E-state index contributed by atoms with van der Waals surface area (Å²) >= 11 is 5.07. The summed E-state index contributed by atoms with van der Waals surface area (Å²) in [6.07, 6.45) is 0.613. The van der Waals surface area contributed by atoms with Crippen molar-refractivity contribution in [2.45, 2.75) is 20.3 Å². The standard InChI is InChI=1S/C15H17N3O2S/c1-9-10(2)17-18-15(13(9)14(16)21)20-12-5-3-11(4-6-12)7-8-19/h3-6,19H,7-8H2,1-2H3,(H2,16,21). The van der Waals surface area contributed by atoms with Crippen LogP contribution in [0.3, 0.4) is 0 Å². The second kappa shape index (κ2) is 6.60. The van der Waals surface area contributed by atoms with Crippen LogP contribution in [-0.2, 0) is 6.42 Å². The highest BCUT2D eigenvalue weighted by Gasteiger charge is 2.15. The van der Waals surface area contributed by atoms with Crippen LogP contribution < -0.4 is 10.5 Å². The highest BCUT2D eigenvalue weighted by atomic mass is 32.1. The maximum atomic E-state index is 8.90. The lowest BCUT2D eigenvalue weighted by Crippen LogP contribution is -2.15. The van der Waals surface area contributed by atoms with Gasteiger partial charge in [-0.2, -0.15) is 5.10 Å². The lowest BCUT2D eigenvalue weighted by molar-refractivity contribution is 0.299. The van der Waals surface area contributed by atoms with Gasteiger partial charge in [-0.15, -0.1) is 5.10 Å². The Morgan fingerprint density at radius 3 is 2.48 bits per heavy atom. The van der Waals surface area contributed by atoms with Crippen molar-refractivity contribution >= 4 is 17.2 Å².